The van der Waals surface area contributed by atoms with Gasteiger partial charge in [0.15, 0.2) is 0 Å². The summed E-state index contributed by atoms with van der Waals surface area (Å²) in [5, 5.41) is 1.65. The highest BCUT2D eigenvalue weighted by atomic mass is 16.2. The van der Waals surface area contributed by atoms with Gasteiger partial charge in [0, 0.05) is 19.7 Å². The number of carbonyl (C=O) groups excluding carboxylic acids is 1. The Balaban J connectivity index is 3.09. The zero-order valence-electron chi connectivity index (χ0n) is 10.0. The van der Waals surface area contributed by atoms with E-state index in [4.69, 9.17) is 0 Å². The van der Waals surface area contributed by atoms with Gasteiger partial charge in [-0.2, -0.15) is 0 Å². The summed E-state index contributed by atoms with van der Waals surface area (Å²) < 4.78 is 0. The van der Waals surface area contributed by atoms with E-state index in [1.807, 2.05) is 32.9 Å². The van der Waals surface area contributed by atoms with Crippen LogP contribution in [0.5, 0.6) is 0 Å². The summed E-state index contributed by atoms with van der Waals surface area (Å²) in [7, 11) is 3.60. The molecule has 1 N–H and O–H groups in total. The Hall–Kier alpha value is -1.35. The Morgan fingerprint density at radius 3 is 2.00 bits per heavy atom. The number of carbonyl (C=O) groups is 1. The third-order valence-corrected chi connectivity index (χ3v) is 2.23. The Kier molecular flexibility index (Phi) is 3.48. The minimum absolute atomic E-state index is 0.0463. The van der Waals surface area contributed by atoms with Gasteiger partial charge in [0.25, 0.3) is 5.91 Å². The van der Waals surface area contributed by atoms with Gasteiger partial charge in [-0.05, 0) is 31.9 Å². The first kappa shape index (κ1) is 11.7. The molecule has 1 aromatic carbocycles. The topological polar surface area (TPSA) is 32.3 Å². The molecule has 0 saturated heterocycles. The molecule has 0 atom stereocenters. The van der Waals surface area contributed by atoms with Crippen molar-refractivity contribution in [1.29, 1.82) is 0 Å². The van der Waals surface area contributed by atoms with Gasteiger partial charge >= 0.3 is 0 Å². The normalized spacial score (nSPS) is 10.5. The van der Waals surface area contributed by atoms with E-state index in [9.17, 15) is 4.79 Å². The first-order valence-corrected chi connectivity index (χ1v) is 4.98. The van der Waals surface area contributed by atoms with E-state index in [1.54, 1.807) is 19.1 Å². The molecule has 0 spiro atoms. The van der Waals surface area contributed by atoms with Crippen LogP contribution in [0.3, 0.4) is 0 Å². The maximum atomic E-state index is 11.9. The molecule has 82 valence electrons. The van der Waals surface area contributed by atoms with Gasteiger partial charge in [0.2, 0.25) is 0 Å². The van der Waals surface area contributed by atoms with E-state index in [0.717, 1.165) is 16.7 Å². The number of aryl methyl sites for hydroxylation is 3. The number of hydrogen-bond donors (Lipinski definition) is 1. The van der Waals surface area contributed by atoms with E-state index in [1.165, 1.54) is 5.56 Å². The van der Waals surface area contributed by atoms with Crippen molar-refractivity contribution < 1.29 is 4.79 Å². The number of hydrogen-bond acceptors (Lipinski definition) is 2. The molecule has 0 unspecified atom stereocenters. The fourth-order valence-electron chi connectivity index (χ4n) is 1.80. The Labute approximate surface area is 91.1 Å². The first-order chi connectivity index (χ1) is 6.91. The molecular formula is C12H18N2O. The van der Waals surface area contributed by atoms with E-state index >= 15 is 0 Å². The SMILES string of the molecule is Cc1cc(C)c(C(=O)NN(C)C)c(C)c1. The number of nitrogens with zero attached hydrogens (tertiary/aromatic N) is 1. The second-order valence-corrected chi connectivity index (χ2v) is 4.11. The van der Waals surface area contributed by atoms with Crippen LogP contribution in [-0.2, 0) is 0 Å². The molecule has 0 bridgehead atoms. The van der Waals surface area contributed by atoms with Crippen LogP contribution in [0.2, 0.25) is 0 Å². The summed E-state index contributed by atoms with van der Waals surface area (Å²) in [6.45, 7) is 5.96. The zero-order valence-corrected chi connectivity index (χ0v) is 10.0. The molecule has 15 heavy (non-hydrogen) atoms. The molecule has 0 fully saturated rings. The molecule has 3 heteroatoms. The number of benzene rings is 1. The lowest BCUT2D eigenvalue weighted by Gasteiger charge is -2.15. The fourth-order valence-corrected chi connectivity index (χ4v) is 1.80. The molecule has 0 aliphatic rings. The molecule has 0 aliphatic carbocycles. The molecule has 1 rings (SSSR count). The predicted octanol–water partition coefficient (Wildman–Crippen LogP) is 1.82. The summed E-state index contributed by atoms with van der Waals surface area (Å²) in [5.41, 5.74) is 6.75. The van der Waals surface area contributed by atoms with Crippen molar-refractivity contribution in [2.75, 3.05) is 14.1 Å². The quantitative estimate of drug-likeness (QED) is 0.749. The van der Waals surface area contributed by atoms with Crippen LogP contribution < -0.4 is 5.43 Å². The van der Waals surface area contributed by atoms with Crippen molar-refractivity contribution in [2.24, 2.45) is 0 Å². The molecule has 1 aromatic rings. The monoisotopic (exact) mass is 206 g/mol. The molecule has 3 nitrogen and oxygen atoms in total. The van der Waals surface area contributed by atoms with E-state index in [2.05, 4.69) is 5.43 Å². The van der Waals surface area contributed by atoms with Gasteiger partial charge in [0.05, 0.1) is 0 Å². The minimum Gasteiger partial charge on any atom is -0.285 e. The highest BCUT2D eigenvalue weighted by Crippen LogP contribution is 2.16. The first-order valence-electron chi connectivity index (χ1n) is 4.98. The summed E-state index contributed by atoms with van der Waals surface area (Å²) >= 11 is 0. The van der Waals surface area contributed by atoms with E-state index in [0.29, 0.717) is 0 Å². The fraction of sp³-hybridized carbons (Fsp3) is 0.417. The van der Waals surface area contributed by atoms with Crippen LogP contribution in [0.4, 0.5) is 0 Å². The smallest absolute Gasteiger partial charge is 0.266 e. The van der Waals surface area contributed by atoms with Crippen LogP contribution >= 0.6 is 0 Å². The van der Waals surface area contributed by atoms with Crippen LogP contribution in [0.1, 0.15) is 27.0 Å². The standard InChI is InChI=1S/C12H18N2O/c1-8-6-9(2)11(10(3)7-8)12(15)13-14(4)5/h6-7H,1-5H3,(H,13,15). The zero-order chi connectivity index (χ0) is 11.6. The van der Waals surface area contributed by atoms with Crippen molar-refractivity contribution in [3.63, 3.8) is 0 Å². The summed E-state index contributed by atoms with van der Waals surface area (Å²) in [6, 6.07) is 4.05. The third-order valence-electron chi connectivity index (χ3n) is 2.23. The molecule has 0 aromatic heterocycles. The van der Waals surface area contributed by atoms with Crippen LogP contribution in [0, 0.1) is 20.8 Å². The minimum atomic E-state index is -0.0463. The molecular weight excluding hydrogens is 188 g/mol. The lowest BCUT2D eigenvalue weighted by molar-refractivity contribution is 0.0855. The maximum Gasteiger partial charge on any atom is 0.266 e. The number of amides is 1. The van der Waals surface area contributed by atoms with Gasteiger partial charge in [-0.1, -0.05) is 17.7 Å². The molecule has 0 aliphatic heterocycles. The van der Waals surface area contributed by atoms with Crippen molar-refractivity contribution in [3.8, 4) is 0 Å². The third kappa shape index (κ3) is 2.80. The van der Waals surface area contributed by atoms with Crippen LogP contribution in [0.25, 0.3) is 0 Å². The van der Waals surface area contributed by atoms with Gasteiger partial charge in [-0.3, -0.25) is 10.2 Å². The van der Waals surface area contributed by atoms with Crippen molar-refractivity contribution in [2.45, 2.75) is 20.8 Å². The van der Waals surface area contributed by atoms with Gasteiger partial charge in [0.1, 0.15) is 0 Å². The van der Waals surface area contributed by atoms with Gasteiger partial charge < -0.3 is 0 Å². The largest absolute Gasteiger partial charge is 0.285 e. The molecule has 0 saturated carbocycles. The second kappa shape index (κ2) is 4.45. The summed E-state index contributed by atoms with van der Waals surface area (Å²) in [4.78, 5) is 11.9. The highest BCUT2D eigenvalue weighted by Gasteiger charge is 2.12. The average molecular weight is 206 g/mol. The van der Waals surface area contributed by atoms with E-state index in [-0.39, 0.29) is 5.91 Å². The molecule has 0 heterocycles. The Morgan fingerprint density at radius 1 is 1.13 bits per heavy atom. The van der Waals surface area contributed by atoms with Crippen molar-refractivity contribution >= 4 is 5.91 Å². The second-order valence-electron chi connectivity index (χ2n) is 4.11. The summed E-state index contributed by atoms with van der Waals surface area (Å²) in [6.07, 6.45) is 0. The van der Waals surface area contributed by atoms with Crippen molar-refractivity contribution in [3.05, 3.63) is 34.4 Å². The lowest BCUT2D eigenvalue weighted by atomic mass is 9.99. The number of hydrazine groups is 1. The summed E-state index contributed by atoms with van der Waals surface area (Å²) in [5.74, 6) is -0.0463. The van der Waals surface area contributed by atoms with Crippen LogP contribution in [0.15, 0.2) is 12.1 Å². The van der Waals surface area contributed by atoms with Gasteiger partial charge in [-0.15, -0.1) is 0 Å². The predicted molar refractivity (Wildman–Crippen MR) is 61.8 cm³/mol. The molecule has 1 amide bonds. The highest BCUT2D eigenvalue weighted by molar-refractivity contribution is 5.96. The number of rotatable bonds is 2. The lowest BCUT2D eigenvalue weighted by Crippen LogP contribution is -2.36. The Morgan fingerprint density at radius 2 is 1.60 bits per heavy atom. The number of nitrogens with one attached hydrogen (secondary N) is 1. The Bertz CT molecular complexity index is 360. The van der Waals surface area contributed by atoms with Crippen LogP contribution in [-0.4, -0.2) is 25.0 Å². The van der Waals surface area contributed by atoms with Gasteiger partial charge in [-0.25, -0.2) is 5.01 Å². The van der Waals surface area contributed by atoms with E-state index < -0.39 is 0 Å². The average Bonchev–Trinajstić information content (AvgIpc) is 1.99. The molecule has 0 radical (unpaired) electrons. The maximum absolute atomic E-state index is 11.9. The van der Waals surface area contributed by atoms with Crippen molar-refractivity contribution in [1.82, 2.24) is 10.4 Å².